The fourth-order valence-corrected chi connectivity index (χ4v) is 4.16. The van der Waals surface area contributed by atoms with Crippen LogP contribution in [0.3, 0.4) is 0 Å². The summed E-state index contributed by atoms with van der Waals surface area (Å²) in [6.07, 6.45) is -0.163. The molecule has 0 heterocycles. The van der Waals surface area contributed by atoms with Crippen LogP contribution in [-0.2, 0) is 9.59 Å². The van der Waals surface area contributed by atoms with Gasteiger partial charge in [-0.15, -0.1) is 0 Å². The zero-order chi connectivity index (χ0) is 29.3. The number of likely N-dealkylation sites (N-methyl/N-ethyl adjacent to an activating group) is 2. The van der Waals surface area contributed by atoms with Crippen LogP contribution in [0.15, 0.2) is 48.5 Å². The maximum atomic E-state index is 12.7. The number of carbonyl (C=O) groups is 4. The summed E-state index contributed by atoms with van der Waals surface area (Å²) in [5.41, 5.74) is 1.50. The predicted molar refractivity (Wildman–Crippen MR) is 160 cm³/mol. The van der Waals surface area contributed by atoms with Crippen LogP contribution in [0.5, 0.6) is 0 Å². The lowest BCUT2D eigenvalue weighted by atomic mass is 10.1. The SMILES string of the molecule is CCN(CC)CCNC(=O)c1ccccc1NC(=O)CCC(=O)Nc1ccccc1C(=O)NCCN(CC)CC. The minimum atomic E-state index is -0.388. The third-order valence-corrected chi connectivity index (χ3v) is 6.69. The van der Waals surface area contributed by atoms with Crippen molar-refractivity contribution in [1.82, 2.24) is 20.4 Å². The monoisotopic (exact) mass is 552 g/mol. The number of carbonyl (C=O) groups excluding carboxylic acids is 4. The van der Waals surface area contributed by atoms with Crippen molar-refractivity contribution < 1.29 is 19.2 Å². The standard InChI is InChI=1S/C30H44N6O4/c1-5-35(6-2)21-19-31-29(39)23-13-9-11-15-25(23)33-27(37)17-18-28(38)34-26-16-12-10-14-24(26)30(40)32-20-22-36(7-3)8-4/h9-16H,5-8,17-22H2,1-4H3,(H,31,39)(H,32,40)(H,33,37)(H,34,38). The molecule has 0 aliphatic heterocycles. The Morgan fingerprint density at radius 3 is 1.27 bits per heavy atom. The fourth-order valence-electron chi connectivity index (χ4n) is 4.16. The maximum absolute atomic E-state index is 12.7. The van der Waals surface area contributed by atoms with Crippen molar-refractivity contribution in [3.63, 3.8) is 0 Å². The summed E-state index contributed by atoms with van der Waals surface area (Å²) in [7, 11) is 0. The molecule has 10 nitrogen and oxygen atoms in total. The number of para-hydroxylation sites is 2. The average Bonchev–Trinajstić information content (AvgIpc) is 2.97. The number of anilines is 2. The second-order valence-corrected chi connectivity index (χ2v) is 9.25. The molecule has 0 unspecified atom stereocenters. The molecular weight excluding hydrogens is 508 g/mol. The molecule has 0 saturated heterocycles. The van der Waals surface area contributed by atoms with E-state index in [0.29, 0.717) is 35.6 Å². The molecular formula is C30H44N6O4. The van der Waals surface area contributed by atoms with Crippen LogP contribution in [0, 0.1) is 0 Å². The summed E-state index contributed by atoms with van der Waals surface area (Å²) < 4.78 is 0. The molecule has 0 atom stereocenters. The van der Waals surface area contributed by atoms with E-state index in [1.807, 2.05) is 0 Å². The maximum Gasteiger partial charge on any atom is 0.253 e. The zero-order valence-electron chi connectivity index (χ0n) is 24.2. The van der Waals surface area contributed by atoms with E-state index in [9.17, 15) is 19.2 Å². The highest BCUT2D eigenvalue weighted by molar-refractivity contribution is 6.06. The van der Waals surface area contributed by atoms with Crippen LogP contribution in [0.25, 0.3) is 0 Å². The van der Waals surface area contributed by atoms with Gasteiger partial charge in [0, 0.05) is 39.0 Å². The highest BCUT2D eigenvalue weighted by atomic mass is 16.2. The van der Waals surface area contributed by atoms with Crippen molar-refractivity contribution >= 4 is 35.0 Å². The van der Waals surface area contributed by atoms with Gasteiger partial charge in [0.1, 0.15) is 0 Å². The minimum absolute atomic E-state index is 0.0814. The van der Waals surface area contributed by atoms with Crippen molar-refractivity contribution in [2.45, 2.75) is 40.5 Å². The molecule has 0 spiro atoms. The quantitative estimate of drug-likeness (QED) is 0.239. The molecule has 218 valence electrons. The third kappa shape index (κ3) is 10.8. The first-order chi connectivity index (χ1) is 19.3. The first-order valence-corrected chi connectivity index (χ1v) is 14.1. The normalized spacial score (nSPS) is 10.8. The molecule has 0 aliphatic rings. The molecule has 40 heavy (non-hydrogen) atoms. The van der Waals surface area contributed by atoms with Gasteiger partial charge in [0.05, 0.1) is 22.5 Å². The fraction of sp³-hybridized carbons (Fsp3) is 0.467. The number of hydrogen-bond donors (Lipinski definition) is 4. The Kier molecular flexibility index (Phi) is 14.4. The Hall–Kier alpha value is -3.76. The van der Waals surface area contributed by atoms with Crippen molar-refractivity contribution in [2.75, 3.05) is 63.0 Å². The van der Waals surface area contributed by atoms with Crippen LogP contribution < -0.4 is 21.3 Å². The number of benzene rings is 2. The largest absolute Gasteiger partial charge is 0.351 e. The predicted octanol–water partition coefficient (Wildman–Crippen LogP) is 3.19. The van der Waals surface area contributed by atoms with Gasteiger partial charge in [-0.25, -0.2) is 0 Å². The molecule has 2 aromatic carbocycles. The van der Waals surface area contributed by atoms with Gasteiger partial charge in [0.25, 0.3) is 11.8 Å². The average molecular weight is 553 g/mol. The molecule has 2 rings (SSSR count). The number of nitrogens with zero attached hydrogens (tertiary/aromatic N) is 2. The number of rotatable bonds is 17. The van der Waals surface area contributed by atoms with Gasteiger partial charge in [-0.2, -0.15) is 0 Å². The summed E-state index contributed by atoms with van der Waals surface area (Å²) in [5, 5.41) is 11.3. The lowest BCUT2D eigenvalue weighted by Gasteiger charge is -2.18. The summed E-state index contributed by atoms with van der Waals surface area (Å²) in [6.45, 7) is 14.4. The van der Waals surface area contributed by atoms with E-state index >= 15 is 0 Å². The van der Waals surface area contributed by atoms with Crippen molar-refractivity contribution in [3.05, 3.63) is 59.7 Å². The van der Waals surface area contributed by atoms with E-state index in [2.05, 4.69) is 58.8 Å². The second kappa shape index (κ2) is 17.8. The van der Waals surface area contributed by atoms with E-state index in [-0.39, 0.29) is 36.5 Å². The highest BCUT2D eigenvalue weighted by Crippen LogP contribution is 2.17. The van der Waals surface area contributed by atoms with Gasteiger partial charge in [-0.1, -0.05) is 52.0 Å². The number of nitrogens with one attached hydrogen (secondary N) is 4. The summed E-state index contributed by atoms with van der Waals surface area (Å²) in [6, 6.07) is 13.6. The van der Waals surface area contributed by atoms with Gasteiger partial charge in [-0.05, 0) is 50.4 Å². The van der Waals surface area contributed by atoms with Crippen LogP contribution in [0.2, 0.25) is 0 Å². The second-order valence-electron chi connectivity index (χ2n) is 9.25. The van der Waals surface area contributed by atoms with Crippen LogP contribution in [0.1, 0.15) is 61.3 Å². The van der Waals surface area contributed by atoms with Gasteiger partial charge in [0.2, 0.25) is 11.8 Å². The van der Waals surface area contributed by atoms with Gasteiger partial charge >= 0.3 is 0 Å². The smallest absolute Gasteiger partial charge is 0.253 e. The molecule has 0 fully saturated rings. The molecule has 0 aliphatic carbocycles. The van der Waals surface area contributed by atoms with Gasteiger partial charge in [-0.3, -0.25) is 19.2 Å². The molecule has 10 heteroatoms. The lowest BCUT2D eigenvalue weighted by Crippen LogP contribution is -2.35. The van der Waals surface area contributed by atoms with E-state index in [4.69, 9.17) is 0 Å². The first kappa shape index (κ1) is 32.5. The Bertz CT molecular complexity index is 1030. The third-order valence-electron chi connectivity index (χ3n) is 6.69. The summed E-state index contributed by atoms with van der Waals surface area (Å²) >= 11 is 0. The molecule has 0 bridgehead atoms. The van der Waals surface area contributed by atoms with Crippen LogP contribution in [0.4, 0.5) is 11.4 Å². The summed E-state index contributed by atoms with van der Waals surface area (Å²) in [5.74, 6) is -1.32. The van der Waals surface area contributed by atoms with Crippen molar-refractivity contribution in [2.24, 2.45) is 0 Å². The Morgan fingerprint density at radius 1 is 0.575 bits per heavy atom. The molecule has 0 aromatic heterocycles. The Labute approximate surface area is 237 Å². The number of hydrogen-bond acceptors (Lipinski definition) is 6. The van der Waals surface area contributed by atoms with Gasteiger partial charge in [0.15, 0.2) is 0 Å². The molecule has 0 radical (unpaired) electrons. The highest BCUT2D eigenvalue weighted by Gasteiger charge is 2.16. The molecule has 0 saturated carbocycles. The molecule has 4 N–H and O–H groups in total. The molecule has 4 amide bonds. The van der Waals surface area contributed by atoms with E-state index < -0.39 is 0 Å². The zero-order valence-corrected chi connectivity index (χ0v) is 24.2. The molecule has 2 aromatic rings. The first-order valence-electron chi connectivity index (χ1n) is 14.1. The Morgan fingerprint density at radius 2 is 0.925 bits per heavy atom. The Balaban J connectivity index is 1.89. The summed E-state index contributed by atoms with van der Waals surface area (Å²) in [4.78, 5) is 55.1. The van der Waals surface area contributed by atoms with Crippen molar-refractivity contribution in [3.8, 4) is 0 Å². The van der Waals surface area contributed by atoms with Crippen LogP contribution in [-0.4, -0.2) is 85.8 Å². The minimum Gasteiger partial charge on any atom is -0.351 e. The van der Waals surface area contributed by atoms with E-state index in [0.717, 1.165) is 39.3 Å². The topological polar surface area (TPSA) is 123 Å². The van der Waals surface area contributed by atoms with Crippen molar-refractivity contribution in [1.29, 1.82) is 0 Å². The van der Waals surface area contributed by atoms with E-state index in [1.165, 1.54) is 0 Å². The van der Waals surface area contributed by atoms with E-state index in [1.54, 1.807) is 48.5 Å². The van der Waals surface area contributed by atoms with Gasteiger partial charge < -0.3 is 31.1 Å². The lowest BCUT2D eigenvalue weighted by molar-refractivity contribution is -0.121. The van der Waals surface area contributed by atoms with Crippen LogP contribution >= 0.6 is 0 Å². The number of amides is 4.